The highest BCUT2D eigenvalue weighted by atomic mass is 35.5. The highest BCUT2D eigenvalue weighted by Crippen LogP contribution is 2.49. The number of amides is 1. The Kier molecular flexibility index (Phi) is 6.74. The SMILES string of the molecule is C[C@H]1CN(c2ccc(NC(=O)[C@H](CC3CC3)n3nc(C(F)(F)F)c(Cl)c3C3CC3)c(-c3nn[nH]n3)c2)CCN1. The fourth-order valence-electron chi connectivity index (χ4n) is 5.24. The van der Waals surface area contributed by atoms with Crippen LogP contribution >= 0.6 is 11.6 Å². The number of hydrogen-bond acceptors (Lipinski definition) is 7. The van der Waals surface area contributed by atoms with Gasteiger partial charge in [-0.15, -0.1) is 10.2 Å². The first-order valence-corrected chi connectivity index (χ1v) is 13.6. The van der Waals surface area contributed by atoms with E-state index in [-0.39, 0.29) is 11.8 Å². The Morgan fingerprint density at radius 1 is 1.26 bits per heavy atom. The Balaban J connectivity index is 1.34. The highest BCUT2D eigenvalue weighted by Gasteiger charge is 2.44. The summed E-state index contributed by atoms with van der Waals surface area (Å²) in [5.41, 5.74) is 1.10. The molecule has 0 spiro atoms. The third-order valence-corrected chi connectivity index (χ3v) is 7.93. The van der Waals surface area contributed by atoms with Crippen LogP contribution in [0.15, 0.2) is 18.2 Å². The van der Waals surface area contributed by atoms with Crippen LogP contribution < -0.4 is 15.5 Å². The molecule has 3 aromatic rings. The molecule has 10 nitrogen and oxygen atoms in total. The van der Waals surface area contributed by atoms with Gasteiger partial charge in [-0.1, -0.05) is 24.4 Å². The molecule has 2 aliphatic carbocycles. The van der Waals surface area contributed by atoms with E-state index in [2.05, 4.69) is 48.2 Å². The molecule has 1 aliphatic heterocycles. The lowest BCUT2D eigenvalue weighted by molar-refractivity contribution is -0.141. The lowest BCUT2D eigenvalue weighted by atomic mass is 10.1. The van der Waals surface area contributed by atoms with Gasteiger partial charge >= 0.3 is 6.18 Å². The van der Waals surface area contributed by atoms with Crippen molar-refractivity contribution in [2.45, 2.75) is 63.2 Å². The van der Waals surface area contributed by atoms with Crippen molar-refractivity contribution in [1.82, 2.24) is 35.7 Å². The van der Waals surface area contributed by atoms with E-state index >= 15 is 0 Å². The molecule has 14 heteroatoms. The van der Waals surface area contributed by atoms with E-state index in [0.717, 1.165) is 38.2 Å². The summed E-state index contributed by atoms with van der Waals surface area (Å²) in [7, 11) is 0. The molecule has 3 heterocycles. The number of halogens is 4. The van der Waals surface area contributed by atoms with Crippen molar-refractivity contribution in [3.63, 3.8) is 0 Å². The first-order chi connectivity index (χ1) is 18.7. The van der Waals surface area contributed by atoms with Gasteiger partial charge in [-0.05, 0) is 55.5 Å². The van der Waals surface area contributed by atoms with Crippen molar-refractivity contribution in [2.75, 3.05) is 29.9 Å². The number of nitrogens with one attached hydrogen (secondary N) is 3. The van der Waals surface area contributed by atoms with Gasteiger partial charge in [0.25, 0.3) is 0 Å². The molecule has 2 aromatic heterocycles. The van der Waals surface area contributed by atoms with Gasteiger partial charge in [0.2, 0.25) is 11.7 Å². The second kappa shape index (κ2) is 10.1. The number of carbonyl (C=O) groups excluding carboxylic acids is 1. The van der Waals surface area contributed by atoms with Gasteiger partial charge < -0.3 is 15.5 Å². The number of benzene rings is 1. The van der Waals surface area contributed by atoms with E-state index in [1.165, 1.54) is 4.68 Å². The van der Waals surface area contributed by atoms with Crippen molar-refractivity contribution in [3.8, 4) is 11.4 Å². The van der Waals surface area contributed by atoms with Crippen LogP contribution in [0, 0.1) is 5.92 Å². The molecular formula is C25H29ClF3N9O. The minimum absolute atomic E-state index is 0.133. The Bertz CT molecular complexity index is 1350. The van der Waals surface area contributed by atoms with Crippen LogP contribution in [0.1, 0.15) is 62.4 Å². The predicted molar refractivity (Wildman–Crippen MR) is 139 cm³/mol. The Morgan fingerprint density at radius 3 is 2.69 bits per heavy atom. The van der Waals surface area contributed by atoms with Crippen LogP contribution in [0.25, 0.3) is 11.4 Å². The second-order valence-electron chi connectivity index (χ2n) is 10.7. The molecule has 1 aromatic carbocycles. The summed E-state index contributed by atoms with van der Waals surface area (Å²) < 4.78 is 42.5. The standard InChI is InChI=1S/C25H29ClF3N9O/c1-13-12-37(9-8-30-13)16-6-7-18(17(11-16)23-32-35-36-33-23)31-24(39)19(10-14-2-3-14)38-21(15-4-5-15)20(26)22(34-38)25(27,28)29/h6-7,11,13-15,19,30H,2-5,8-10,12H2,1H3,(H,31,39)(H,32,33,35,36)/t13-,19-/m0/s1. The fourth-order valence-corrected chi connectivity index (χ4v) is 5.62. The number of anilines is 2. The minimum Gasteiger partial charge on any atom is -0.369 e. The first-order valence-electron chi connectivity index (χ1n) is 13.2. The summed E-state index contributed by atoms with van der Waals surface area (Å²) in [5.74, 6) is -0.0377. The molecule has 6 rings (SSSR count). The van der Waals surface area contributed by atoms with E-state index in [4.69, 9.17) is 11.6 Å². The molecule has 0 unspecified atom stereocenters. The summed E-state index contributed by atoms with van der Waals surface area (Å²) in [4.78, 5) is 16.0. The fraction of sp³-hybridized carbons (Fsp3) is 0.560. The van der Waals surface area contributed by atoms with Gasteiger partial charge in [-0.3, -0.25) is 9.48 Å². The Morgan fingerprint density at radius 2 is 2.05 bits per heavy atom. The molecule has 3 aliphatic rings. The van der Waals surface area contributed by atoms with Crippen LogP contribution in [0.5, 0.6) is 0 Å². The molecule has 1 saturated heterocycles. The van der Waals surface area contributed by atoms with Crippen molar-refractivity contribution in [2.24, 2.45) is 5.92 Å². The molecule has 0 bridgehead atoms. The number of alkyl halides is 3. The van der Waals surface area contributed by atoms with Crippen LogP contribution in [0.4, 0.5) is 24.5 Å². The molecule has 208 valence electrons. The number of piperazine rings is 1. The summed E-state index contributed by atoms with van der Waals surface area (Å²) in [6.45, 7) is 4.58. The quantitative estimate of drug-likeness (QED) is 0.372. The van der Waals surface area contributed by atoms with E-state index in [0.29, 0.717) is 48.1 Å². The van der Waals surface area contributed by atoms with E-state index < -0.39 is 28.8 Å². The van der Waals surface area contributed by atoms with Crippen LogP contribution in [0.2, 0.25) is 5.02 Å². The van der Waals surface area contributed by atoms with Crippen LogP contribution in [-0.4, -0.2) is 62.0 Å². The normalized spacial score (nSPS) is 20.7. The minimum atomic E-state index is -4.71. The lowest BCUT2D eigenvalue weighted by Gasteiger charge is -2.34. The number of nitrogens with zero attached hydrogens (tertiary/aromatic N) is 6. The maximum Gasteiger partial charge on any atom is 0.436 e. The molecule has 2 atom stereocenters. The summed E-state index contributed by atoms with van der Waals surface area (Å²) >= 11 is 6.23. The number of hydrogen-bond donors (Lipinski definition) is 3. The third kappa shape index (κ3) is 5.46. The zero-order valence-corrected chi connectivity index (χ0v) is 22.1. The number of aromatic nitrogens is 6. The molecule has 3 N–H and O–H groups in total. The zero-order chi connectivity index (χ0) is 27.3. The third-order valence-electron chi connectivity index (χ3n) is 7.55. The average Bonchev–Trinajstić information content (AvgIpc) is 3.82. The highest BCUT2D eigenvalue weighted by molar-refractivity contribution is 6.32. The van der Waals surface area contributed by atoms with E-state index in [1.54, 1.807) is 6.07 Å². The molecule has 2 saturated carbocycles. The van der Waals surface area contributed by atoms with E-state index in [1.807, 2.05) is 12.1 Å². The predicted octanol–water partition coefficient (Wildman–Crippen LogP) is 4.39. The smallest absolute Gasteiger partial charge is 0.369 e. The summed E-state index contributed by atoms with van der Waals surface area (Å²) in [6.07, 6.45) is -1.04. The number of H-pyrrole nitrogens is 1. The summed E-state index contributed by atoms with van der Waals surface area (Å²) in [6, 6.07) is 4.97. The Labute approximate surface area is 227 Å². The average molecular weight is 564 g/mol. The van der Waals surface area contributed by atoms with Gasteiger partial charge in [-0.25, -0.2) is 0 Å². The molecular weight excluding hydrogens is 535 g/mol. The monoisotopic (exact) mass is 563 g/mol. The Hall–Kier alpha value is -3.19. The van der Waals surface area contributed by atoms with Gasteiger partial charge in [-0.2, -0.15) is 23.5 Å². The topological polar surface area (TPSA) is 117 Å². The number of aromatic amines is 1. The van der Waals surface area contributed by atoms with Crippen molar-refractivity contribution in [1.29, 1.82) is 0 Å². The molecule has 1 amide bonds. The molecule has 0 radical (unpaired) electrons. The van der Waals surface area contributed by atoms with Gasteiger partial charge in [0.15, 0.2) is 5.69 Å². The van der Waals surface area contributed by atoms with Crippen LogP contribution in [-0.2, 0) is 11.0 Å². The number of tetrazole rings is 1. The van der Waals surface area contributed by atoms with Crippen molar-refractivity contribution in [3.05, 3.63) is 34.6 Å². The molecule has 39 heavy (non-hydrogen) atoms. The zero-order valence-electron chi connectivity index (χ0n) is 21.3. The van der Waals surface area contributed by atoms with Crippen molar-refractivity contribution >= 4 is 28.9 Å². The second-order valence-corrected chi connectivity index (χ2v) is 11.1. The summed E-state index contributed by atoms with van der Waals surface area (Å²) in [5, 5.41) is 24.2. The lowest BCUT2D eigenvalue weighted by Crippen LogP contribution is -2.49. The van der Waals surface area contributed by atoms with Gasteiger partial charge in [0, 0.05) is 42.8 Å². The largest absolute Gasteiger partial charge is 0.436 e. The van der Waals surface area contributed by atoms with Gasteiger partial charge in [0.1, 0.15) is 6.04 Å². The first kappa shape index (κ1) is 26.1. The van der Waals surface area contributed by atoms with Crippen molar-refractivity contribution < 1.29 is 18.0 Å². The number of rotatable bonds is 8. The van der Waals surface area contributed by atoms with Gasteiger partial charge in [0.05, 0.1) is 16.4 Å². The maximum atomic E-state index is 13.8. The van der Waals surface area contributed by atoms with Crippen LogP contribution in [0.3, 0.4) is 0 Å². The number of carbonyl (C=O) groups is 1. The van der Waals surface area contributed by atoms with E-state index in [9.17, 15) is 18.0 Å². The molecule has 3 fully saturated rings. The maximum absolute atomic E-state index is 13.8.